The maximum Gasteiger partial charge on any atom is 0.224 e. The molecule has 3 fully saturated rings. The van der Waals surface area contributed by atoms with Crippen LogP contribution in [0.2, 0.25) is 0 Å². The van der Waals surface area contributed by atoms with E-state index in [9.17, 15) is 4.79 Å². The standard InChI is InChI=1S/C13H22N2O2S/c16-13(8-10-9-18-7-4-14-10)15-5-6-17-12-3-1-2-11(12)15/h10-12,14H,1-9H2. The van der Waals surface area contributed by atoms with Gasteiger partial charge in [0, 0.05) is 37.1 Å². The predicted molar refractivity (Wildman–Crippen MR) is 72.8 cm³/mol. The Morgan fingerprint density at radius 2 is 2.39 bits per heavy atom. The second kappa shape index (κ2) is 5.80. The monoisotopic (exact) mass is 270 g/mol. The molecule has 0 spiro atoms. The van der Waals surface area contributed by atoms with Crippen molar-refractivity contribution in [3.63, 3.8) is 0 Å². The van der Waals surface area contributed by atoms with Gasteiger partial charge in [0.2, 0.25) is 5.91 Å². The van der Waals surface area contributed by atoms with Gasteiger partial charge in [-0.3, -0.25) is 4.79 Å². The Morgan fingerprint density at radius 3 is 3.22 bits per heavy atom. The number of nitrogens with zero attached hydrogens (tertiary/aromatic N) is 1. The lowest BCUT2D eigenvalue weighted by atomic mass is 10.1. The van der Waals surface area contributed by atoms with E-state index >= 15 is 0 Å². The molecule has 0 aromatic heterocycles. The fourth-order valence-electron chi connectivity index (χ4n) is 3.31. The molecule has 2 heterocycles. The van der Waals surface area contributed by atoms with Crippen molar-refractivity contribution in [3.8, 4) is 0 Å². The molecule has 0 bridgehead atoms. The fourth-order valence-corrected chi connectivity index (χ4v) is 4.26. The molecule has 0 radical (unpaired) electrons. The number of morpholine rings is 1. The summed E-state index contributed by atoms with van der Waals surface area (Å²) >= 11 is 1.95. The van der Waals surface area contributed by atoms with Crippen molar-refractivity contribution in [1.29, 1.82) is 0 Å². The van der Waals surface area contributed by atoms with Crippen LogP contribution in [0, 0.1) is 0 Å². The molecule has 3 aliphatic rings. The van der Waals surface area contributed by atoms with Crippen molar-refractivity contribution >= 4 is 17.7 Å². The summed E-state index contributed by atoms with van der Waals surface area (Å²) in [6.07, 6.45) is 4.44. The van der Waals surface area contributed by atoms with Gasteiger partial charge in [-0.1, -0.05) is 0 Å². The van der Waals surface area contributed by atoms with Gasteiger partial charge < -0.3 is 15.0 Å². The molecule has 2 aliphatic heterocycles. The first-order chi connectivity index (χ1) is 8.84. The summed E-state index contributed by atoms with van der Waals surface area (Å²) in [6, 6.07) is 0.737. The van der Waals surface area contributed by atoms with Crippen LogP contribution in [-0.4, -0.2) is 60.2 Å². The number of nitrogens with one attached hydrogen (secondary N) is 1. The summed E-state index contributed by atoms with van der Waals surface area (Å²) in [6.45, 7) is 2.55. The van der Waals surface area contributed by atoms with Gasteiger partial charge in [-0.25, -0.2) is 0 Å². The van der Waals surface area contributed by atoms with Crippen LogP contribution in [-0.2, 0) is 9.53 Å². The smallest absolute Gasteiger partial charge is 0.224 e. The first-order valence-electron chi connectivity index (χ1n) is 7.07. The third-order valence-electron chi connectivity index (χ3n) is 4.22. The number of hydrogen-bond donors (Lipinski definition) is 1. The van der Waals surface area contributed by atoms with Crippen molar-refractivity contribution in [2.45, 2.75) is 43.9 Å². The van der Waals surface area contributed by atoms with E-state index in [0.29, 0.717) is 30.5 Å². The molecule has 3 rings (SSSR count). The highest BCUT2D eigenvalue weighted by Crippen LogP contribution is 2.30. The molecule has 0 aromatic carbocycles. The van der Waals surface area contributed by atoms with Crippen molar-refractivity contribution in [3.05, 3.63) is 0 Å². The Hall–Kier alpha value is -0.260. The average Bonchev–Trinajstić information content (AvgIpc) is 2.87. The maximum absolute atomic E-state index is 12.4. The van der Waals surface area contributed by atoms with E-state index in [4.69, 9.17) is 4.74 Å². The normalized spacial score (nSPS) is 36.4. The number of fused-ring (bicyclic) bond motifs is 1. The van der Waals surface area contributed by atoms with Crippen molar-refractivity contribution in [1.82, 2.24) is 10.2 Å². The largest absolute Gasteiger partial charge is 0.374 e. The van der Waals surface area contributed by atoms with Gasteiger partial charge in [0.25, 0.3) is 0 Å². The second-order valence-corrected chi connectivity index (χ2v) is 6.57. The van der Waals surface area contributed by atoms with E-state index in [1.165, 1.54) is 12.2 Å². The zero-order chi connectivity index (χ0) is 12.4. The summed E-state index contributed by atoms with van der Waals surface area (Å²) in [5.74, 6) is 2.58. The molecule has 3 atom stereocenters. The van der Waals surface area contributed by atoms with Gasteiger partial charge in [0.05, 0.1) is 18.8 Å². The van der Waals surface area contributed by atoms with Gasteiger partial charge in [0.1, 0.15) is 0 Å². The first kappa shape index (κ1) is 12.8. The quantitative estimate of drug-likeness (QED) is 0.808. The number of carbonyl (C=O) groups excluding carboxylic acids is 1. The molecule has 1 N–H and O–H groups in total. The Labute approximate surface area is 113 Å². The SMILES string of the molecule is O=C(CC1CSCCN1)N1CCOC2CCCC21. The van der Waals surface area contributed by atoms with E-state index in [-0.39, 0.29) is 0 Å². The lowest BCUT2D eigenvalue weighted by Crippen LogP contribution is -2.53. The molecular weight excluding hydrogens is 248 g/mol. The number of amides is 1. The van der Waals surface area contributed by atoms with Gasteiger partial charge in [0.15, 0.2) is 0 Å². The average molecular weight is 270 g/mol. The van der Waals surface area contributed by atoms with Crippen molar-refractivity contribution in [2.24, 2.45) is 0 Å². The minimum absolute atomic E-state index is 0.316. The van der Waals surface area contributed by atoms with Gasteiger partial charge >= 0.3 is 0 Å². The molecule has 1 aliphatic carbocycles. The number of thioether (sulfide) groups is 1. The fraction of sp³-hybridized carbons (Fsp3) is 0.923. The van der Waals surface area contributed by atoms with Crippen LogP contribution in [0.3, 0.4) is 0 Å². The van der Waals surface area contributed by atoms with Crippen LogP contribution in [0.4, 0.5) is 0 Å². The summed E-state index contributed by atoms with van der Waals surface area (Å²) in [5.41, 5.74) is 0. The molecule has 5 heteroatoms. The molecule has 1 saturated carbocycles. The summed E-state index contributed by atoms with van der Waals surface area (Å²) < 4.78 is 5.76. The number of hydrogen-bond acceptors (Lipinski definition) is 4. The Morgan fingerprint density at radius 1 is 1.44 bits per heavy atom. The summed E-state index contributed by atoms with van der Waals surface area (Å²) in [7, 11) is 0. The molecular formula is C13H22N2O2S. The molecule has 0 aromatic rings. The summed E-state index contributed by atoms with van der Waals surface area (Å²) in [4.78, 5) is 14.5. The first-order valence-corrected chi connectivity index (χ1v) is 8.22. The lowest BCUT2D eigenvalue weighted by Gasteiger charge is -2.38. The predicted octanol–water partition coefficient (Wildman–Crippen LogP) is 0.861. The molecule has 102 valence electrons. The highest BCUT2D eigenvalue weighted by atomic mass is 32.2. The van der Waals surface area contributed by atoms with Gasteiger partial charge in [-0.05, 0) is 19.3 Å². The third-order valence-corrected chi connectivity index (χ3v) is 5.35. The molecule has 4 nitrogen and oxygen atoms in total. The minimum atomic E-state index is 0.316. The zero-order valence-corrected chi connectivity index (χ0v) is 11.6. The van der Waals surface area contributed by atoms with Crippen LogP contribution in [0.25, 0.3) is 0 Å². The maximum atomic E-state index is 12.4. The van der Waals surface area contributed by atoms with Crippen LogP contribution >= 0.6 is 11.8 Å². The molecule has 18 heavy (non-hydrogen) atoms. The number of ether oxygens (including phenoxy) is 1. The van der Waals surface area contributed by atoms with Crippen molar-refractivity contribution in [2.75, 3.05) is 31.2 Å². The summed E-state index contributed by atoms with van der Waals surface area (Å²) in [5, 5.41) is 3.45. The highest BCUT2D eigenvalue weighted by Gasteiger charge is 2.38. The third kappa shape index (κ3) is 2.68. The number of carbonyl (C=O) groups is 1. The zero-order valence-electron chi connectivity index (χ0n) is 10.8. The van der Waals surface area contributed by atoms with E-state index < -0.39 is 0 Å². The Kier molecular flexibility index (Phi) is 4.11. The van der Waals surface area contributed by atoms with E-state index in [2.05, 4.69) is 10.2 Å². The van der Waals surface area contributed by atoms with Gasteiger partial charge in [-0.2, -0.15) is 11.8 Å². The minimum Gasteiger partial charge on any atom is -0.374 e. The van der Waals surface area contributed by atoms with E-state index in [0.717, 1.165) is 38.3 Å². The topological polar surface area (TPSA) is 41.6 Å². The van der Waals surface area contributed by atoms with Crippen LogP contribution in [0.1, 0.15) is 25.7 Å². The van der Waals surface area contributed by atoms with Crippen LogP contribution in [0.15, 0.2) is 0 Å². The van der Waals surface area contributed by atoms with E-state index in [1.807, 2.05) is 11.8 Å². The number of rotatable bonds is 2. The van der Waals surface area contributed by atoms with Gasteiger partial charge in [-0.15, -0.1) is 0 Å². The second-order valence-electron chi connectivity index (χ2n) is 5.42. The molecule has 3 unspecified atom stereocenters. The van der Waals surface area contributed by atoms with Crippen molar-refractivity contribution < 1.29 is 9.53 Å². The van der Waals surface area contributed by atoms with E-state index in [1.54, 1.807) is 0 Å². The Bertz CT molecular complexity index is 307. The molecule has 2 saturated heterocycles. The lowest BCUT2D eigenvalue weighted by molar-refractivity contribution is -0.144. The van der Waals surface area contributed by atoms with Crippen LogP contribution in [0.5, 0.6) is 0 Å². The molecule has 1 amide bonds. The highest BCUT2D eigenvalue weighted by molar-refractivity contribution is 7.99. The Balaban J connectivity index is 1.57. The van der Waals surface area contributed by atoms with Crippen LogP contribution < -0.4 is 5.32 Å².